The van der Waals surface area contributed by atoms with Crippen molar-refractivity contribution in [3.8, 4) is 17.1 Å². The van der Waals surface area contributed by atoms with Crippen LogP contribution in [0.5, 0.6) is 5.75 Å². The number of hydrogen-bond acceptors (Lipinski definition) is 7. The number of amides is 1. The summed E-state index contributed by atoms with van der Waals surface area (Å²) in [6, 6.07) is 7.87. The van der Waals surface area contributed by atoms with Gasteiger partial charge in [-0.05, 0) is 43.9 Å². The fourth-order valence-corrected chi connectivity index (χ4v) is 4.04. The predicted octanol–water partition coefficient (Wildman–Crippen LogP) is 3.49. The van der Waals surface area contributed by atoms with Crippen LogP contribution >= 0.6 is 0 Å². The molecule has 2 aromatic heterocycles. The lowest BCUT2D eigenvalue weighted by Crippen LogP contribution is -2.39. The fraction of sp³-hybridized carbons (Fsp3) is 0.435. The maximum absolute atomic E-state index is 13.0. The maximum Gasteiger partial charge on any atom is 0.223 e. The Bertz CT molecular complexity index is 1060. The van der Waals surface area contributed by atoms with Gasteiger partial charge in [0.1, 0.15) is 11.6 Å². The summed E-state index contributed by atoms with van der Waals surface area (Å²) in [6.07, 6.45) is 4.81. The Hall–Kier alpha value is -3.29. The molecule has 0 radical (unpaired) electrons. The van der Waals surface area contributed by atoms with Crippen molar-refractivity contribution >= 4 is 5.91 Å². The average Bonchev–Trinajstić information content (AvgIpc) is 3.23. The summed E-state index contributed by atoms with van der Waals surface area (Å²) < 4.78 is 10.4. The highest BCUT2D eigenvalue weighted by Crippen LogP contribution is 2.32. The van der Waals surface area contributed by atoms with E-state index in [-0.39, 0.29) is 11.8 Å². The lowest BCUT2D eigenvalue weighted by molar-refractivity contribution is -0.132. The maximum atomic E-state index is 13.0. The van der Waals surface area contributed by atoms with Crippen molar-refractivity contribution < 1.29 is 14.1 Å². The second kappa shape index (κ2) is 9.24. The van der Waals surface area contributed by atoms with E-state index in [1.54, 1.807) is 20.2 Å². The van der Waals surface area contributed by atoms with Crippen LogP contribution in [0.1, 0.15) is 48.2 Å². The number of methoxy groups -OCH3 is 1. The molecule has 1 aliphatic rings. The Morgan fingerprint density at radius 1 is 1.29 bits per heavy atom. The van der Waals surface area contributed by atoms with Gasteiger partial charge in [0.2, 0.25) is 17.6 Å². The SMILES string of the molecule is COc1cccc(CCC(=O)N2CCCC(c3nc(C)ncc3-c3noc(C)n3)C2)c1. The standard InChI is InChI=1S/C23H27N5O3/c1-15-24-13-20(23-26-16(2)31-27-23)22(25-15)18-7-5-11-28(14-18)21(29)10-9-17-6-4-8-19(12-17)30-3/h4,6,8,12-13,18H,5,7,9-11,14H2,1-3H3. The average molecular weight is 422 g/mol. The van der Waals surface area contributed by atoms with Gasteiger partial charge in [-0.15, -0.1) is 0 Å². The lowest BCUT2D eigenvalue weighted by Gasteiger charge is -2.33. The predicted molar refractivity (Wildman–Crippen MR) is 115 cm³/mol. The number of aryl methyl sites for hydroxylation is 3. The van der Waals surface area contributed by atoms with Crippen molar-refractivity contribution in [2.75, 3.05) is 20.2 Å². The molecule has 0 bridgehead atoms. The molecule has 4 rings (SSSR count). The molecule has 8 heteroatoms. The zero-order chi connectivity index (χ0) is 21.8. The largest absolute Gasteiger partial charge is 0.497 e. The molecule has 3 heterocycles. The van der Waals surface area contributed by atoms with Crippen LogP contribution in [0.3, 0.4) is 0 Å². The first-order valence-corrected chi connectivity index (χ1v) is 10.6. The van der Waals surface area contributed by atoms with E-state index in [1.807, 2.05) is 36.1 Å². The summed E-state index contributed by atoms with van der Waals surface area (Å²) in [6.45, 7) is 5.04. The summed E-state index contributed by atoms with van der Waals surface area (Å²) in [7, 11) is 1.65. The summed E-state index contributed by atoms with van der Waals surface area (Å²) in [4.78, 5) is 28.3. The lowest BCUT2D eigenvalue weighted by atomic mass is 9.91. The van der Waals surface area contributed by atoms with E-state index >= 15 is 0 Å². The van der Waals surface area contributed by atoms with Crippen molar-refractivity contribution in [3.05, 3.63) is 53.4 Å². The van der Waals surface area contributed by atoms with Gasteiger partial charge in [0, 0.05) is 38.5 Å². The van der Waals surface area contributed by atoms with E-state index in [0.717, 1.165) is 42.0 Å². The molecule has 0 N–H and O–H groups in total. The summed E-state index contributed by atoms with van der Waals surface area (Å²) in [5, 5.41) is 4.05. The molecule has 8 nitrogen and oxygen atoms in total. The molecule has 1 unspecified atom stereocenters. The van der Waals surface area contributed by atoms with Crippen molar-refractivity contribution in [1.29, 1.82) is 0 Å². The first kappa shape index (κ1) is 21.0. The van der Waals surface area contributed by atoms with Gasteiger partial charge in [-0.3, -0.25) is 4.79 Å². The highest BCUT2D eigenvalue weighted by molar-refractivity contribution is 5.76. The minimum atomic E-state index is 0.116. The van der Waals surface area contributed by atoms with Gasteiger partial charge < -0.3 is 14.2 Å². The molecule has 31 heavy (non-hydrogen) atoms. The number of nitrogens with zero attached hydrogens (tertiary/aromatic N) is 5. The first-order chi connectivity index (χ1) is 15.0. The van der Waals surface area contributed by atoms with Gasteiger partial charge in [-0.2, -0.15) is 4.98 Å². The second-order valence-electron chi connectivity index (χ2n) is 7.88. The number of piperidine rings is 1. The molecule has 0 spiro atoms. The number of aromatic nitrogens is 4. The second-order valence-corrected chi connectivity index (χ2v) is 7.88. The molecular formula is C23H27N5O3. The van der Waals surface area contributed by atoms with E-state index in [1.165, 1.54) is 0 Å². The van der Waals surface area contributed by atoms with Crippen molar-refractivity contribution in [2.45, 2.75) is 45.4 Å². The Balaban J connectivity index is 1.47. The van der Waals surface area contributed by atoms with Gasteiger partial charge in [0.15, 0.2) is 0 Å². The Kier molecular flexibility index (Phi) is 6.25. The van der Waals surface area contributed by atoms with Crippen LogP contribution in [0.25, 0.3) is 11.4 Å². The van der Waals surface area contributed by atoms with Crippen LogP contribution in [0, 0.1) is 13.8 Å². The van der Waals surface area contributed by atoms with Crippen molar-refractivity contribution in [1.82, 2.24) is 25.0 Å². The summed E-state index contributed by atoms with van der Waals surface area (Å²) >= 11 is 0. The molecule has 162 valence electrons. The van der Waals surface area contributed by atoms with Crippen LogP contribution in [-0.2, 0) is 11.2 Å². The number of carbonyl (C=O) groups excluding carboxylic acids is 1. The zero-order valence-corrected chi connectivity index (χ0v) is 18.2. The van der Waals surface area contributed by atoms with Crippen LogP contribution in [-0.4, -0.2) is 51.1 Å². The summed E-state index contributed by atoms with van der Waals surface area (Å²) in [5.41, 5.74) is 2.76. The number of likely N-dealkylation sites (tertiary alicyclic amines) is 1. The van der Waals surface area contributed by atoms with Gasteiger partial charge in [-0.25, -0.2) is 9.97 Å². The fourth-order valence-electron chi connectivity index (χ4n) is 4.04. The van der Waals surface area contributed by atoms with Crippen LogP contribution < -0.4 is 4.74 Å². The quantitative estimate of drug-likeness (QED) is 0.601. The normalized spacial score (nSPS) is 16.4. The van der Waals surface area contributed by atoms with Gasteiger partial charge in [0.25, 0.3) is 0 Å². The minimum Gasteiger partial charge on any atom is -0.497 e. The van der Waals surface area contributed by atoms with E-state index < -0.39 is 0 Å². The van der Waals surface area contributed by atoms with Crippen molar-refractivity contribution in [2.24, 2.45) is 0 Å². The molecule has 1 saturated heterocycles. The molecule has 3 aromatic rings. The van der Waals surface area contributed by atoms with Crippen LogP contribution in [0.4, 0.5) is 0 Å². The molecule has 1 aliphatic heterocycles. The number of rotatable bonds is 6. The molecular weight excluding hydrogens is 394 g/mol. The Labute approximate surface area is 181 Å². The molecule has 1 fully saturated rings. The zero-order valence-electron chi connectivity index (χ0n) is 18.2. The third-order valence-electron chi connectivity index (χ3n) is 5.63. The smallest absolute Gasteiger partial charge is 0.223 e. The van der Waals surface area contributed by atoms with Crippen LogP contribution in [0.2, 0.25) is 0 Å². The highest BCUT2D eigenvalue weighted by Gasteiger charge is 2.28. The van der Waals surface area contributed by atoms with Gasteiger partial charge >= 0.3 is 0 Å². The molecule has 0 saturated carbocycles. The number of ether oxygens (including phenoxy) is 1. The number of benzene rings is 1. The molecule has 1 atom stereocenters. The Morgan fingerprint density at radius 3 is 2.94 bits per heavy atom. The van der Waals surface area contributed by atoms with E-state index in [2.05, 4.69) is 15.1 Å². The van der Waals surface area contributed by atoms with Gasteiger partial charge in [0.05, 0.1) is 18.4 Å². The molecule has 1 aromatic carbocycles. The Morgan fingerprint density at radius 2 is 2.16 bits per heavy atom. The van der Waals surface area contributed by atoms with E-state index in [9.17, 15) is 4.79 Å². The van der Waals surface area contributed by atoms with Gasteiger partial charge in [-0.1, -0.05) is 17.3 Å². The molecule has 1 amide bonds. The topological polar surface area (TPSA) is 94.2 Å². The van der Waals surface area contributed by atoms with Crippen LogP contribution in [0.15, 0.2) is 35.0 Å². The highest BCUT2D eigenvalue weighted by atomic mass is 16.5. The number of carbonyl (C=O) groups is 1. The monoisotopic (exact) mass is 421 g/mol. The summed E-state index contributed by atoms with van der Waals surface area (Å²) in [5.74, 6) is 2.78. The minimum absolute atomic E-state index is 0.116. The van der Waals surface area contributed by atoms with Crippen molar-refractivity contribution in [3.63, 3.8) is 0 Å². The third kappa shape index (κ3) is 4.90. The van der Waals surface area contributed by atoms with E-state index in [0.29, 0.717) is 36.9 Å². The van der Waals surface area contributed by atoms with E-state index in [4.69, 9.17) is 14.2 Å². The number of hydrogen-bond donors (Lipinski definition) is 0. The first-order valence-electron chi connectivity index (χ1n) is 10.6. The molecule has 0 aliphatic carbocycles. The third-order valence-corrected chi connectivity index (χ3v) is 5.63.